The fourth-order valence-corrected chi connectivity index (χ4v) is 5.95. The summed E-state index contributed by atoms with van der Waals surface area (Å²) in [5.74, 6) is 0.979. The number of rotatable bonds is 3. The lowest BCUT2D eigenvalue weighted by Crippen LogP contribution is -2.56. The van der Waals surface area contributed by atoms with E-state index in [9.17, 15) is 0 Å². The van der Waals surface area contributed by atoms with Crippen molar-refractivity contribution in [1.82, 2.24) is 9.80 Å². The molecule has 1 aliphatic carbocycles. The van der Waals surface area contributed by atoms with Crippen LogP contribution in [0.25, 0.3) is 0 Å². The Kier molecular flexibility index (Phi) is 4.34. The smallest absolute Gasteiger partial charge is 0.0545 e. The molecule has 0 bridgehead atoms. The molecule has 1 saturated carbocycles. The maximum atomic E-state index is 5.50. The van der Waals surface area contributed by atoms with E-state index in [-0.39, 0.29) is 0 Å². The van der Waals surface area contributed by atoms with Gasteiger partial charge in [0.05, 0.1) is 13.2 Å². The minimum atomic E-state index is 0.347. The van der Waals surface area contributed by atoms with Gasteiger partial charge in [0.1, 0.15) is 0 Å². The van der Waals surface area contributed by atoms with E-state index >= 15 is 0 Å². The second-order valence-corrected chi connectivity index (χ2v) is 11.4. The summed E-state index contributed by atoms with van der Waals surface area (Å²) >= 11 is 0. The van der Waals surface area contributed by atoms with Crippen LogP contribution in [0.5, 0.6) is 0 Å². The summed E-state index contributed by atoms with van der Waals surface area (Å²) in [6.45, 7) is 19.4. The van der Waals surface area contributed by atoms with Gasteiger partial charge < -0.3 is 4.74 Å². The Morgan fingerprint density at radius 3 is 1.88 bits per heavy atom. The largest absolute Gasteiger partial charge is 0.380 e. The first kappa shape index (κ1) is 18.3. The Morgan fingerprint density at radius 2 is 1.40 bits per heavy atom. The van der Waals surface area contributed by atoms with Crippen molar-refractivity contribution in [3.63, 3.8) is 0 Å². The molecule has 1 atom stereocenters. The third-order valence-corrected chi connectivity index (χ3v) is 8.31. The van der Waals surface area contributed by atoms with Crippen molar-refractivity contribution in [2.75, 3.05) is 39.4 Å². The van der Waals surface area contributed by atoms with Gasteiger partial charge in [0, 0.05) is 16.5 Å². The van der Waals surface area contributed by atoms with Crippen LogP contribution >= 0.6 is 0 Å². The first-order chi connectivity index (χ1) is 11.6. The molecule has 3 saturated heterocycles. The van der Waals surface area contributed by atoms with E-state index in [2.05, 4.69) is 44.4 Å². The molecule has 0 aromatic heterocycles. The SMILES string of the molecule is CC(C)(C)N1CCC2(CC1)CC2CC(C)(C)N1CCC2(CC1)COC2. The fourth-order valence-electron chi connectivity index (χ4n) is 5.95. The van der Waals surface area contributed by atoms with E-state index in [1.807, 2.05) is 0 Å². The van der Waals surface area contributed by atoms with Gasteiger partial charge in [0.25, 0.3) is 0 Å². The topological polar surface area (TPSA) is 15.7 Å². The first-order valence-corrected chi connectivity index (χ1v) is 10.7. The van der Waals surface area contributed by atoms with Gasteiger partial charge in [0.2, 0.25) is 0 Å². The van der Waals surface area contributed by atoms with Crippen LogP contribution in [-0.4, -0.2) is 60.3 Å². The van der Waals surface area contributed by atoms with Crippen LogP contribution in [0.4, 0.5) is 0 Å². The summed E-state index contributed by atoms with van der Waals surface area (Å²) < 4.78 is 5.50. The van der Waals surface area contributed by atoms with Crippen LogP contribution in [-0.2, 0) is 4.74 Å². The Labute approximate surface area is 155 Å². The molecule has 4 rings (SSSR count). The zero-order chi connectivity index (χ0) is 17.9. The van der Waals surface area contributed by atoms with Gasteiger partial charge in [-0.3, -0.25) is 9.80 Å². The van der Waals surface area contributed by atoms with E-state index in [1.165, 1.54) is 64.7 Å². The summed E-state index contributed by atoms with van der Waals surface area (Å²) in [5, 5.41) is 0. The van der Waals surface area contributed by atoms with Gasteiger partial charge in [-0.15, -0.1) is 0 Å². The molecule has 3 nitrogen and oxygen atoms in total. The molecule has 25 heavy (non-hydrogen) atoms. The predicted molar refractivity (Wildman–Crippen MR) is 104 cm³/mol. The lowest BCUT2D eigenvalue weighted by Gasteiger charge is -2.51. The molecule has 3 aliphatic heterocycles. The monoisotopic (exact) mass is 348 g/mol. The normalized spacial score (nSPS) is 32.8. The summed E-state index contributed by atoms with van der Waals surface area (Å²) in [4.78, 5) is 5.50. The third-order valence-electron chi connectivity index (χ3n) is 8.31. The maximum absolute atomic E-state index is 5.50. The second kappa shape index (κ2) is 5.94. The van der Waals surface area contributed by atoms with Gasteiger partial charge in [-0.2, -0.15) is 0 Å². The molecule has 2 spiro atoms. The summed E-state index contributed by atoms with van der Waals surface area (Å²) in [6.07, 6.45) is 8.49. The van der Waals surface area contributed by atoms with E-state index in [1.54, 1.807) is 0 Å². The van der Waals surface area contributed by atoms with Crippen molar-refractivity contribution >= 4 is 0 Å². The van der Waals surface area contributed by atoms with E-state index in [0.717, 1.165) is 19.1 Å². The lowest BCUT2D eigenvalue weighted by atomic mass is 9.75. The molecule has 0 N–H and O–H groups in total. The Balaban J connectivity index is 1.28. The second-order valence-electron chi connectivity index (χ2n) is 11.4. The summed E-state index contributed by atoms with van der Waals surface area (Å²) in [5.41, 5.74) is 1.99. The van der Waals surface area contributed by atoms with E-state index < -0.39 is 0 Å². The van der Waals surface area contributed by atoms with Gasteiger partial charge in [-0.25, -0.2) is 0 Å². The molecule has 1 unspecified atom stereocenters. The van der Waals surface area contributed by atoms with Crippen LogP contribution in [0.3, 0.4) is 0 Å². The van der Waals surface area contributed by atoms with Crippen LogP contribution in [0.15, 0.2) is 0 Å². The number of nitrogens with zero attached hydrogens (tertiary/aromatic N) is 2. The van der Waals surface area contributed by atoms with Gasteiger partial charge in [0.15, 0.2) is 0 Å². The average Bonchev–Trinajstić information content (AvgIpc) is 3.15. The highest BCUT2D eigenvalue weighted by atomic mass is 16.5. The predicted octanol–water partition coefficient (Wildman–Crippen LogP) is 4.17. The van der Waals surface area contributed by atoms with Crippen molar-refractivity contribution < 1.29 is 4.74 Å². The molecule has 0 amide bonds. The average molecular weight is 349 g/mol. The fraction of sp³-hybridized carbons (Fsp3) is 1.00. The molecular formula is C22H40N2O. The molecule has 4 aliphatic rings. The number of hydrogen-bond donors (Lipinski definition) is 0. The van der Waals surface area contributed by atoms with Gasteiger partial charge in [-0.05, 0) is 111 Å². The van der Waals surface area contributed by atoms with Crippen molar-refractivity contribution in [2.24, 2.45) is 16.7 Å². The summed E-state index contributed by atoms with van der Waals surface area (Å²) in [6, 6.07) is 0. The molecule has 0 radical (unpaired) electrons. The highest BCUT2D eigenvalue weighted by Crippen LogP contribution is 2.62. The Bertz CT molecular complexity index is 485. The lowest BCUT2D eigenvalue weighted by molar-refractivity contribution is -0.147. The number of piperidine rings is 2. The zero-order valence-corrected chi connectivity index (χ0v) is 17.4. The Morgan fingerprint density at radius 1 is 0.840 bits per heavy atom. The van der Waals surface area contributed by atoms with Crippen molar-refractivity contribution in [2.45, 2.75) is 84.2 Å². The molecular weight excluding hydrogens is 308 g/mol. The van der Waals surface area contributed by atoms with E-state index in [4.69, 9.17) is 4.74 Å². The van der Waals surface area contributed by atoms with Crippen LogP contribution in [0, 0.1) is 16.7 Å². The number of hydrogen-bond acceptors (Lipinski definition) is 3. The minimum absolute atomic E-state index is 0.347. The summed E-state index contributed by atoms with van der Waals surface area (Å²) in [7, 11) is 0. The van der Waals surface area contributed by atoms with Crippen molar-refractivity contribution in [3.05, 3.63) is 0 Å². The van der Waals surface area contributed by atoms with E-state index in [0.29, 0.717) is 21.9 Å². The number of ether oxygens (including phenoxy) is 1. The van der Waals surface area contributed by atoms with Gasteiger partial charge >= 0.3 is 0 Å². The van der Waals surface area contributed by atoms with Crippen molar-refractivity contribution in [3.8, 4) is 0 Å². The molecule has 0 aromatic carbocycles. The quantitative estimate of drug-likeness (QED) is 0.761. The van der Waals surface area contributed by atoms with Crippen LogP contribution in [0.2, 0.25) is 0 Å². The molecule has 3 heterocycles. The highest BCUT2D eigenvalue weighted by molar-refractivity contribution is 5.08. The minimum Gasteiger partial charge on any atom is -0.380 e. The molecule has 144 valence electrons. The standard InChI is InChI=1S/C22H40N2O/c1-19(2,3)23-12-8-22(9-13-23)15-18(22)14-20(4,5)24-10-6-21(7-11-24)16-25-17-21/h18H,6-17H2,1-5H3. The van der Waals surface area contributed by atoms with Crippen LogP contribution in [0.1, 0.15) is 73.1 Å². The van der Waals surface area contributed by atoms with Gasteiger partial charge in [-0.1, -0.05) is 0 Å². The van der Waals surface area contributed by atoms with Crippen LogP contribution < -0.4 is 0 Å². The van der Waals surface area contributed by atoms with Crippen molar-refractivity contribution in [1.29, 1.82) is 0 Å². The maximum Gasteiger partial charge on any atom is 0.0545 e. The third kappa shape index (κ3) is 3.41. The zero-order valence-electron chi connectivity index (χ0n) is 17.4. The highest BCUT2D eigenvalue weighted by Gasteiger charge is 2.57. The molecule has 4 fully saturated rings. The number of likely N-dealkylation sites (tertiary alicyclic amines) is 2. The molecule has 3 heteroatoms. The molecule has 0 aromatic rings. The Hall–Kier alpha value is -0.120. The first-order valence-electron chi connectivity index (χ1n) is 10.7.